The molecule has 0 radical (unpaired) electrons. The predicted octanol–water partition coefficient (Wildman–Crippen LogP) is 0.477. The molecule has 0 spiro atoms. The smallest absolute Gasteiger partial charge is 0.325 e. The van der Waals surface area contributed by atoms with Gasteiger partial charge in [-0.1, -0.05) is 12.1 Å². The van der Waals surface area contributed by atoms with E-state index in [4.69, 9.17) is 0 Å². The zero-order chi connectivity index (χ0) is 14.3. The van der Waals surface area contributed by atoms with Gasteiger partial charge in [0.05, 0.1) is 13.5 Å². The van der Waals surface area contributed by atoms with Gasteiger partial charge in [0.1, 0.15) is 6.54 Å². The molecule has 0 aliphatic heterocycles. The molecule has 0 fully saturated rings. The summed E-state index contributed by atoms with van der Waals surface area (Å²) >= 11 is 0. The Kier molecular flexibility index (Phi) is 5.53. The number of methoxy groups -OCH3 is 1. The van der Waals surface area contributed by atoms with Gasteiger partial charge in [0.2, 0.25) is 11.8 Å². The predicted molar refractivity (Wildman–Crippen MR) is 69.5 cm³/mol. The number of esters is 1. The molecule has 0 aliphatic carbocycles. The van der Waals surface area contributed by atoms with Crippen LogP contribution in [0.5, 0.6) is 0 Å². The van der Waals surface area contributed by atoms with Gasteiger partial charge in [-0.2, -0.15) is 0 Å². The van der Waals surface area contributed by atoms with Gasteiger partial charge in [0.25, 0.3) is 0 Å². The molecule has 0 bridgehead atoms. The molecular weight excluding hydrogens is 248 g/mol. The second-order valence-corrected chi connectivity index (χ2v) is 3.91. The van der Waals surface area contributed by atoms with Crippen LogP contribution in [-0.4, -0.2) is 31.4 Å². The molecule has 6 nitrogen and oxygen atoms in total. The number of benzene rings is 1. The van der Waals surface area contributed by atoms with Crippen molar-refractivity contribution in [3.8, 4) is 0 Å². The fraction of sp³-hybridized carbons (Fsp3) is 0.308. The number of amides is 2. The summed E-state index contributed by atoms with van der Waals surface area (Å²) in [4.78, 5) is 33.2. The van der Waals surface area contributed by atoms with Crippen molar-refractivity contribution in [2.75, 3.05) is 19.0 Å². The summed E-state index contributed by atoms with van der Waals surface area (Å²) in [6.07, 6.45) is 0.164. The van der Waals surface area contributed by atoms with Gasteiger partial charge < -0.3 is 15.4 Å². The van der Waals surface area contributed by atoms with E-state index in [9.17, 15) is 14.4 Å². The van der Waals surface area contributed by atoms with E-state index in [0.29, 0.717) is 5.69 Å². The average molecular weight is 264 g/mol. The first-order valence-electron chi connectivity index (χ1n) is 5.71. The van der Waals surface area contributed by atoms with E-state index in [1.807, 2.05) is 0 Å². The van der Waals surface area contributed by atoms with Crippen molar-refractivity contribution >= 4 is 23.5 Å². The lowest BCUT2D eigenvalue weighted by Crippen LogP contribution is -2.31. The third-order valence-corrected chi connectivity index (χ3v) is 2.30. The summed E-state index contributed by atoms with van der Waals surface area (Å²) in [5.41, 5.74) is 1.46. The molecule has 0 aliphatic rings. The minimum absolute atomic E-state index is 0.140. The van der Waals surface area contributed by atoms with Crippen molar-refractivity contribution in [3.63, 3.8) is 0 Å². The van der Waals surface area contributed by atoms with Crippen molar-refractivity contribution in [1.82, 2.24) is 5.32 Å². The first-order chi connectivity index (χ1) is 9.01. The summed E-state index contributed by atoms with van der Waals surface area (Å²) in [5.74, 6) is -0.907. The topological polar surface area (TPSA) is 84.5 Å². The Hall–Kier alpha value is -2.37. The molecular formula is C13H16N2O4. The molecule has 19 heavy (non-hydrogen) atoms. The van der Waals surface area contributed by atoms with E-state index in [2.05, 4.69) is 15.4 Å². The molecule has 0 saturated carbocycles. The molecule has 0 unspecified atom stereocenters. The third kappa shape index (κ3) is 5.67. The molecule has 1 aromatic rings. The van der Waals surface area contributed by atoms with Gasteiger partial charge in [-0.15, -0.1) is 0 Å². The molecule has 0 atom stereocenters. The quantitative estimate of drug-likeness (QED) is 0.757. The molecule has 6 heteroatoms. The minimum atomic E-state index is -0.491. The molecule has 102 valence electrons. The highest BCUT2D eigenvalue weighted by atomic mass is 16.5. The molecule has 2 amide bonds. The molecule has 1 aromatic carbocycles. The van der Waals surface area contributed by atoms with Gasteiger partial charge in [-0.05, 0) is 17.7 Å². The Bertz CT molecular complexity index is 468. The SMILES string of the molecule is COC(=O)CNC(=O)Cc1ccc(NC(C)=O)cc1. The van der Waals surface area contributed by atoms with Crippen LogP contribution >= 0.6 is 0 Å². The fourth-order valence-electron chi connectivity index (χ4n) is 1.40. The highest BCUT2D eigenvalue weighted by Crippen LogP contribution is 2.09. The van der Waals surface area contributed by atoms with Crippen molar-refractivity contribution < 1.29 is 19.1 Å². The lowest BCUT2D eigenvalue weighted by molar-refractivity contribution is -0.141. The summed E-state index contributed by atoms with van der Waals surface area (Å²) in [6, 6.07) is 6.90. The summed E-state index contributed by atoms with van der Waals surface area (Å²) < 4.78 is 4.41. The monoisotopic (exact) mass is 264 g/mol. The van der Waals surface area contributed by atoms with Gasteiger partial charge in [0.15, 0.2) is 0 Å². The van der Waals surface area contributed by atoms with Crippen LogP contribution in [0.4, 0.5) is 5.69 Å². The van der Waals surface area contributed by atoms with E-state index in [0.717, 1.165) is 5.56 Å². The Morgan fingerprint density at radius 3 is 2.32 bits per heavy atom. The maximum absolute atomic E-state index is 11.5. The largest absolute Gasteiger partial charge is 0.468 e. The van der Waals surface area contributed by atoms with Gasteiger partial charge in [-0.3, -0.25) is 14.4 Å². The van der Waals surface area contributed by atoms with E-state index in [1.54, 1.807) is 24.3 Å². The second-order valence-electron chi connectivity index (χ2n) is 3.91. The van der Waals surface area contributed by atoms with E-state index in [1.165, 1.54) is 14.0 Å². The summed E-state index contributed by atoms with van der Waals surface area (Å²) in [5, 5.41) is 5.08. The number of ether oxygens (including phenoxy) is 1. The van der Waals surface area contributed by atoms with Crippen LogP contribution in [0.25, 0.3) is 0 Å². The Labute approximate surface area is 111 Å². The Morgan fingerprint density at radius 2 is 1.79 bits per heavy atom. The first kappa shape index (κ1) is 14.7. The second kappa shape index (κ2) is 7.15. The van der Waals surface area contributed by atoms with Crippen LogP contribution in [-0.2, 0) is 25.5 Å². The van der Waals surface area contributed by atoms with Crippen LogP contribution in [0, 0.1) is 0 Å². The normalized spacial score (nSPS) is 9.58. The van der Waals surface area contributed by atoms with Crippen LogP contribution in [0.2, 0.25) is 0 Å². The van der Waals surface area contributed by atoms with Crippen LogP contribution in [0.1, 0.15) is 12.5 Å². The van der Waals surface area contributed by atoms with Gasteiger partial charge >= 0.3 is 5.97 Å². The van der Waals surface area contributed by atoms with E-state index < -0.39 is 5.97 Å². The van der Waals surface area contributed by atoms with Crippen molar-refractivity contribution in [2.45, 2.75) is 13.3 Å². The molecule has 1 rings (SSSR count). The number of nitrogens with one attached hydrogen (secondary N) is 2. The minimum Gasteiger partial charge on any atom is -0.468 e. The van der Waals surface area contributed by atoms with Crippen molar-refractivity contribution in [2.24, 2.45) is 0 Å². The Balaban J connectivity index is 2.46. The molecule has 2 N–H and O–H groups in total. The van der Waals surface area contributed by atoms with E-state index >= 15 is 0 Å². The zero-order valence-corrected chi connectivity index (χ0v) is 10.9. The highest BCUT2D eigenvalue weighted by molar-refractivity contribution is 5.88. The maximum atomic E-state index is 11.5. The van der Waals surface area contributed by atoms with Crippen LogP contribution in [0.15, 0.2) is 24.3 Å². The Morgan fingerprint density at radius 1 is 1.16 bits per heavy atom. The zero-order valence-electron chi connectivity index (χ0n) is 10.9. The van der Waals surface area contributed by atoms with Crippen LogP contribution < -0.4 is 10.6 Å². The summed E-state index contributed by atoms with van der Waals surface area (Å²) in [7, 11) is 1.26. The van der Waals surface area contributed by atoms with Gasteiger partial charge in [0, 0.05) is 12.6 Å². The highest BCUT2D eigenvalue weighted by Gasteiger charge is 2.06. The number of anilines is 1. The number of carbonyl (C=O) groups excluding carboxylic acids is 3. The van der Waals surface area contributed by atoms with Gasteiger partial charge in [-0.25, -0.2) is 0 Å². The summed E-state index contributed by atoms with van der Waals surface area (Å²) in [6.45, 7) is 1.29. The number of carbonyl (C=O) groups is 3. The van der Waals surface area contributed by atoms with E-state index in [-0.39, 0.29) is 24.8 Å². The lowest BCUT2D eigenvalue weighted by Gasteiger charge is -2.05. The van der Waals surface area contributed by atoms with Crippen LogP contribution in [0.3, 0.4) is 0 Å². The molecule has 0 saturated heterocycles. The molecule has 0 aromatic heterocycles. The lowest BCUT2D eigenvalue weighted by atomic mass is 10.1. The molecule has 0 heterocycles. The number of rotatable bonds is 5. The van der Waals surface area contributed by atoms with Crippen molar-refractivity contribution in [1.29, 1.82) is 0 Å². The number of hydrogen-bond acceptors (Lipinski definition) is 4. The third-order valence-electron chi connectivity index (χ3n) is 2.30. The maximum Gasteiger partial charge on any atom is 0.325 e. The number of hydrogen-bond donors (Lipinski definition) is 2. The fourth-order valence-corrected chi connectivity index (χ4v) is 1.40. The standard InChI is InChI=1S/C13H16N2O4/c1-9(16)15-11-5-3-10(4-6-11)7-12(17)14-8-13(18)19-2/h3-6H,7-8H2,1-2H3,(H,14,17)(H,15,16). The van der Waals surface area contributed by atoms with Crippen molar-refractivity contribution in [3.05, 3.63) is 29.8 Å². The average Bonchev–Trinajstić information content (AvgIpc) is 2.37. The first-order valence-corrected chi connectivity index (χ1v) is 5.71.